The molecule has 0 bridgehead atoms. The smallest absolute Gasteiger partial charge is 0.287 e. The van der Waals surface area contributed by atoms with Gasteiger partial charge < -0.3 is 9.30 Å². The summed E-state index contributed by atoms with van der Waals surface area (Å²) in [6.07, 6.45) is 3.05. The molecule has 1 aliphatic heterocycles. The minimum Gasteiger partial charge on any atom is -0.439 e. The SMILES string of the molecule is CC1=NN(c2ccccc2)C(=O)/C1=C/c1cc(C)n(-c2ccc(Oc3ccc([N+](=O)[O-])cn3)cc2)c1C. The molecule has 0 radical (unpaired) electrons. The number of pyridine rings is 1. The Morgan fingerprint density at radius 1 is 0.946 bits per heavy atom. The number of carbonyl (C=O) groups excluding carboxylic acids is 1. The van der Waals surface area contributed by atoms with Crippen molar-refractivity contribution in [2.45, 2.75) is 20.8 Å². The quantitative estimate of drug-likeness (QED) is 0.186. The van der Waals surface area contributed by atoms with E-state index in [0.717, 1.165) is 34.5 Å². The van der Waals surface area contributed by atoms with E-state index in [9.17, 15) is 14.9 Å². The number of nitrogens with zero attached hydrogens (tertiary/aromatic N) is 5. The van der Waals surface area contributed by atoms with E-state index < -0.39 is 4.92 Å². The second kappa shape index (κ2) is 9.54. The molecule has 3 heterocycles. The average molecular weight is 494 g/mol. The van der Waals surface area contributed by atoms with Gasteiger partial charge in [-0.05, 0) is 74.9 Å². The zero-order chi connectivity index (χ0) is 26.1. The normalized spacial score (nSPS) is 14.2. The molecule has 37 heavy (non-hydrogen) atoms. The van der Waals surface area contributed by atoms with Gasteiger partial charge in [0.15, 0.2) is 0 Å². The Kier molecular flexibility index (Phi) is 6.10. The first-order valence-electron chi connectivity index (χ1n) is 11.6. The van der Waals surface area contributed by atoms with Crippen molar-refractivity contribution < 1.29 is 14.5 Å². The number of amides is 1. The van der Waals surface area contributed by atoms with E-state index in [1.165, 1.54) is 17.1 Å². The molecule has 0 unspecified atom stereocenters. The van der Waals surface area contributed by atoms with Crippen molar-refractivity contribution in [1.29, 1.82) is 0 Å². The lowest BCUT2D eigenvalue weighted by Crippen LogP contribution is -2.21. The number of carbonyl (C=O) groups is 1. The van der Waals surface area contributed by atoms with Crippen molar-refractivity contribution in [3.8, 4) is 17.3 Å². The van der Waals surface area contributed by atoms with Gasteiger partial charge in [0.2, 0.25) is 5.88 Å². The molecule has 1 amide bonds. The second-order valence-electron chi connectivity index (χ2n) is 8.57. The van der Waals surface area contributed by atoms with Crippen LogP contribution in [0.5, 0.6) is 11.6 Å². The van der Waals surface area contributed by atoms with Crippen LogP contribution in [0.1, 0.15) is 23.9 Å². The molecule has 0 atom stereocenters. The van der Waals surface area contributed by atoms with Gasteiger partial charge in [-0.25, -0.2) is 4.98 Å². The highest BCUT2D eigenvalue weighted by molar-refractivity contribution is 6.32. The summed E-state index contributed by atoms with van der Waals surface area (Å²) in [4.78, 5) is 27.4. The van der Waals surface area contributed by atoms with Crippen LogP contribution in [0.25, 0.3) is 11.8 Å². The number of aromatic nitrogens is 2. The van der Waals surface area contributed by atoms with Gasteiger partial charge in [-0.3, -0.25) is 14.9 Å². The number of hydrazone groups is 1. The predicted octanol–water partition coefficient (Wildman–Crippen LogP) is 6.00. The first-order chi connectivity index (χ1) is 17.8. The van der Waals surface area contributed by atoms with Crippen molar-refractivity contribution in [2.75, 3.05) is 5.01 Å². The summed E-state index contributed by atoms with van der Waals surface area (Å²) >= 11 is 0. The number of aryl methyl sites for hydroxylation is 1. The van der Waals surface area contributed by atoms with Crippen molar-refractivity contribution in [3.05, 3.63) is 112 Å². The van der Waals surface area contributed by atoms with Gasteiger partial charge in [0.25, 0.3) is 11.6 Å². The van der Waals surface area contributed by atoms with E-state index in [-0.39, 0.29) is 17.5 Å². The molecule has 184 valence electrons. The van der Waals surface area contributed by atoms with Gasteiger partial charge in [-0.15, -0.1) is 0 Å². The molecule has 0 saturated heterocycles. The van der Waals surface area contributed by atoms with Crippen LogP contribution in [-0.2, 0) is 4.79 Å². The highest BCUT2D eigenvalue weighted by Crippen LogP contribution is 2.29. The van der Waals surface area contributed by atoms with Crippen molar-refractivity contribution in [1.82, 2.24) is 9.55 Å². The van der Waals surface area contributed by atoms with Crippen LogP contribution in [0.2, 0.25) is 0 Å². The van der Waals surface area contributed by atoms with Crippen LogP contribution in [-0.4, -0.2) is 26.1 Å². The molecule has 0 saturated carbocycles. The van der Waals surface area contributed by atoms with Gasteiger partial charge in [-0.1, -0.05) is 18.2 Å². The highest BCUT2D eigenvalue weighted by Gasteiger charge is 2.29. The molecule has 1 aliphatic rings. The maximum atomic E-state index is 13.1. The summed E-state index contributed by atoms with van der Waals surface area (Å²) in [7, 11) is 0. The van der Waals surface area contributed by atoms with Crippen LogP contribution < -0.4 is 9.75 Å². The van der Waals surface area contributed by atoms with E-state index in [1.54, 1.807) is 0 Å². The molecular formula is C28H23N5O4. The van der Waals surface area contributed by atoms with Crippen molar-refractivity contribution >= 4 is 29.1 Å². The number of hydrogen-bond donors (Lipinski definition) is 0. The summed E-state index contributed by atoms with van der Waals surface area (Å²) < 4.78 is 7.82. The number of rotatable bonds is 6. The van der Waals surface area contributed by atoms with Crippen LogP contribution in [0.4, 0.5) is 11.4 Å². The van der Waals surface area contributed by atoms with E-state index in [0.29, 0.717) is 17.0 Å². The molecule has 5 rings (SSSR count). The average Bonchev–Trinajstić information content (AvgIpc) is 3.34. The van der Waals surface area contributed by atoms with Crippen molar-refractivity contribution in [3.63, 3.8) is 0 Å². The molecule has 9 nitrogen and oxygen atoms in total. The third kappa shape index (κ3) is 4.62. The fourth-order valence-corrected chi connectivity index (χ4v) is 4.24. The number of nitro groups is 1. The van der Waals surface area contributed by atoms with Gasteiger partial charge in [0, 0.05) is 29.2 Å². The fraction of sp³-hybridized carbons (Fsp3) is 0.107. The largest absolute Gasteiger partial charge is 0.439 e. The number of anilines is 1. The summed E-state index contributed by atoms with van der Waals surface area (Å²) in [6, 6.07) is 21.7. The van der Waals surface area contributed by atoms with Crippen LogP contribution >= 0.6 is 0 Å². The summed E-state index contributed by atoms with van der Waals surface area (Å²) in [5.41, 5.74) is 5.71. The molecule has 0 N–H and O–H groups in total. The number of ether oxygens (including phenoxy) is 1. The Bertz CT molecular complexity index is 1550. The Balaban J connectivity index is 1.38. The first-order valence-corrected chi connectivity index (χ1v) is 11.6. The first kappa shape index (κ1) is 23.7. The Labute approximate surface area is 213 Å². The van der Waals surface area contributed by atoms with Crippen LogP contribution in [0, 0.1) is 24.0 Å². The predicted molar refractivity (Wildman–Crippen MR) is 141 cm³/mol. The van der Waals surface area contributed by atoms with Crippen LogP contribution in [0.3, 0.4) is 0 Å². The molecule has 2 aromatic carbocycles. The topological polar surface area (TPSA) is 103 Å². The minimum atomic E-state index is -0.506. The zero-order valence-electron chi connectivity index (χ0n) is 20.5. The highest BCUT2D eigenvalue weighted by atomic mass is 16.6. The molecule has 0 spiro atoms. The summed E-state index contributed by atoms with van der Waals surface area (Å²) in [5.74, 6) is 0.664. The monoisotopic (exact) mass is 493 g/mol. The summed E-state index contributed by atoms with van der Waals surface area (Å²) in [5, 5.41) is 16.7. The molecule has 0 aliphatic carbocycles. The Hall–Kier alpha value is -5.05. The molecule has 0 fully saturated rings. The van der Waals surface area contributed by atoms with E-state index >= 15 is 0 Å². The van der Waals surface area contributed by atoms with E-state index in [2.05, 4.69) is 14.7 Å². The van der Waals surface area contributed by atoms with Crippen molar-refractivity contribution in [2.24, 2.45) is 5.10 Å². The van der Waals surface area contributed by atoms with Gasteiger partial charge in [0.05, 0.1) is 21.9 Å². The molecule has 2 aromatic heterocycles. The number of benzene rings is 2. The standard InChI is InChI=1S/C28H23N5O4/c1-18-15-21(16-26-19(2)30-32(28(26)34)23-7-5-4-6-8-23)20(3)31(18)22-9-12-25(13-10-22)37-27-14-11-24(17-29-27)33(35)36/h4-17H,1-3H3/b26-16+. The van der Waals surface area contributed by atoms with Crippen LogP contribution in [0.15, 0.2) is 89.7 Å². The Morgan fingerprint density at radius 3 is 2.32 bits per heavy atom. The zero-order valence-corrected chi connectivity index (χ0v) is 20.5. The number of para-hydroxylation sites is 1. The van der Waals surface area contributed by atoms with Gasteiger partial charge in [0.1, 0.15) is 11.9 Å². The molecular weight excluding hydrogens is 470 g/mol. The second-order valence-corrected chi connectivity index (χ2v) is 8.57. The molecule has 4 aromatic rings. The van der Waals surface area contributed by atoms with Gasteiger partial charge in [-0.2, -0.15) is 10.1 Å². The summed E-state index contributed by atoms with van der Waals surface area (Å²) in [6.45, 7) is 5.85. The maximum absolute atomic E-state index is 13.1. The fourth-order valence-electron chi connectivity index (χ4n) is 4.24. The minimum absolute atomic E-state index is 0.0967. The lowest BCUT2D eigenvalue weighted by molar-refractivity contribution is -0.385. The third-order valence-electron chi connectivity index (χ3n) is 6.08. The number of hydrogen-bond acceptors (Lipinski definition) is 6. The lowest BCUT2D eigenvalue weighted by atomic mass is 10.1. The van der Waals surface area contributed by atoms with Gasteiger partial charge >= 0.3 is 0 Å². The van der Waals surface area contributed by atoms with E-state index in [1.807, 2.05) is 87.5 Å². The lowest BCUT2D eigenvalue weighted by Gasteiger charge is -2.12. The Morgan fingerprint density at radius 2 is 1.68 bits per heavy atom. The molecule has 9 heteroatoms. The third-order valence-corrected chi connectivity index (χ3v) is 6.08. The maximum Gasteiger partial charge on any atom is 0.287 e. The van der Waals surface area contributed by atoms with E-state index in [4.69, 9.17) is 4.74 Å².